The Labute approximate surface area is 115 Å². The summed E-state index contributed by atoms with van der Waals surface area (Å²) in [5, 5.41) is 8.98. The van der Waals surface area contributed by atoms with Crippen LogP contribution in [0.4, 0.5) is 4.39 Å². The lowest BCUT2D eigenvalue weighted by molar-refractivity contribution is 0.0691. The molecule has 0 spiro atoms. The fraction of sp³-hybridized carbons (Fsp3) is 0.133. The van der Waals surface area contributed by atoms with Gasteiger partial charge in [-0.3, -0.25) is 0 Å². The molecule has 0 aromatic heterocycles. The van der Waals surface area contributed by atoms with Gasteiger partial charge in [-0.25, -0.2) is 9.18 Å². The Morgan fingerprint density at radius 3 is 2.35 bits per heavy atom. The Morgan fingerprint density at radius 2 is 1.65 bits per heavy atom. The van der Waals surface area contributed by atoms with Crippen molar-refractivity contribution < 1.29 is 23.8 Å². The van der Waals surface area contributed by atoms with Crippen LogP contribution in [0.2, 0.25) is 0 Å². The molecule has 0 saturated carbocycles. The molecule has 2 aromatic carbocycles. The summed E-state index contributed by atoms with van der Waals surface area (Å²) in [7, 11) is 0. The second kappa shape index (κ2) is 6.56. The number of rotatable bonds is 6. The van der Waals surface area contributed by atoms with Crippen LogP contribution in [-0.2, 0) is 0 Å². The molecule has 2 aromatic rings. The van der Waals surface area contributed by atoms with Gasteiger partial charge >= 0.3 is 5.97 Å². The van der Waals surface area contributed by atoms with Crippen molar-refractivity contribution in [1.29, 1.82) is 0 Å². The number of para-hydroxylation sites is 1. The topological polar surface area (TPSA) is 55.8 Å². The van der Waals surface area contributed by atoms with Gasteiger partial charge in [0.1, 0.15) is 36.1 Å². The van der Waals surface area contributed by atoms with Crippen LogP contribution in [0.15, 0.2) is 48.5 Å². The standard InChI is InChI=1S/C15H13FO4/c16-11-5-7-12(8-6-11)19-9-10-20-14-4-2-1-3-13(14)15(17)18/h1-8H,9-10H2,(H,17,18). The van der Waals surface area contributed by atoms with E-state index in [4.69, 9.17) is 14.6 Å². The Morgan fingerprint density at radius 1 is 1.00 bits per heavy atom. The third kappa shape index (κ3) is 3.71. The van der Waals surface area contributed by atoms with E-state index in [2.05, 4.69) is 0 Å². The zero-order valence-corrected chi connectivity index (χ0v) is 10.6. The summed E-state index contributed by atoms with van der Waals surface area (Å²) in [4.78, 5) is 11.0. The number of hydrogen-bond acceptors (Lipinski definition) is 3. The van der Waals surface area contributed by atoms with Crippen LogP contribution in [0.25, 0.3) is 0 Å². The van der Waals surface area contributed by atoms with Crippen LogP contribution in [0.5, 0.6) is 11.5 Å². The van der Waals surface area contributed by atoms with Crippen molar-refractivity contribution in [3.05, 3.63) is 59.9 Å². The molecule has 104 valence electrons. The Kier molecular flexibility index (Phi) is 4.55. The first kappa shape index (κ1) is 13.9. The largest absolute Gasteiger partial charge is 0.490 e. The summed E-state index contributed by atoms with van der Waals surface area (Å²) in [6.07, 6.45) is 0. The number of ether oxygens (including phenoxy) is 2. The number of carboxylic acids is 1. The summed E-state index contributed by atoms with van der Waals surface area (Å²) in [6.45, 7) is 0.432. The van der Waals surface area contributed by atoms with Gasteiger partial charge < -0.3 is 14.6 Å². The van der Waals surface area contributed by atoms with Crippen molar-refractivity contribution >= 4 is 5.97 Å². The van der Waals surface area contributed by atoms with E-state index in [1.165, 1.54) is 30.3 Å². The minimum absolute atomic E-state index is 0.106. The number of carbonyl (C=O) groups is 1. The van der Waals surface area contributed by atoms with E-state index in [1.54, 1.807) is 18.2 Å². The summed E-state index contributed by atoms with van der Waals surface area (Å²) in [6, 6.07) is 12.0. The van der Waals surface area contributed by atoms with Crippen LogP contribution >= 0.6 is 0 Å². The number of benzene rings is 2. The molecular weight excluding hydrogens is 263 g/mol. The third-order valence-corrected chi connectivity index (χ3v) is 2.54. The maximum absolute atomic E-state index is 12.7. The van der Waals surface area contributed by atoms with Crippen molar-refractivity contribution in [1.82, 2.24) is 0 Å². The van der Waals surface area contributed by atoms with E-state index in [1.807, 2.05) is 0 Å². The molecule has 0 aliphatic carbocycles. The number of hydrogen-bond donors (Lipinski definition) is 1. The summed E-state index contributed by atoms with van der Waals surface area (Å²) in [5.41, 5.74) is 0.106. The van der Waals surface area contributed by atoms with Crippen LogP contribution in [0.3, 0.4) is 0 Å². The zero-order chi connectivity index (χ0) is 14.4. The maximum atomic E-state index is 12.7. The molecule has 0 atom stereocenters. The molecule has 20 heavy (non-hydrogen) atoms. The fourth-order valence-electron chi connectivity index (χ4n) is 1.61. The molecule has 1 N–H and O–H groups in total. The maximum Gasteiger partial charge on any atom is 0.339 e. The van der Waals surface area contributed by atoms with Crippen molar-refractivity contribution in [2.45, 2.75) is 0 Å². The summed E-state index contributed by atoms with van der Waals surface area (Å²) in [5.74, 6) is -0.548. The van der Waals surface area contributed by atoms with Gasteiger partial charge in [-0.1, -0.05) is 12.1 Å². The molecule has 0 radical (unpaired) electrons. The van der Waals surface area contributed by atoms with Crippen molar-refractivity contribution in [3.63, 3.8) is 0 Å². The zero-order valence-electron chi connectivity index (χ0n) is 10.6. The average molecular weight is 276 g/mol. The van der Waals surface area contributed by atoms with Gasteiger partial charge in [-0.05, 0) is 36.4 Å². The molecule has 4 nitrogen and oxygen atoms in total. The molecule has 0 unspecified atom stereocenters. The Bertz CT molecular complexity index is 581. The lowest BCUT2D eigenvalue weighted by Crippen LogP contribution is -2.11. The van der Waals surface area contributed by atoms with Gasteiger partial charge in [-0.15, -0.1) is 0 Å². The van der Waals surface area contributed by atoms with Crippen LogP contribution in [0, 0.1) is 5.82 Å². The molecule has 0 amide bonds. The van der Waals surface area contributed by atoms with Crippen LogP contribution < -0.4 is 9.47 Å². The molecule has 0 bridgehead atoms. The molecule has 2 rings (SSSR count). The first-order valence-corrected chi connectivity index (χ1v) is 6.00. The molecule has 0 fully saturated rings. The lowest BCUT2D eigenvalue weighted by Gasteiger charge is -2.10. The predicted octanol–water partition coefficient (Wildman–Crippen LogP) is 2.98. The van der Waals surface area contributed by atoms with Crippen molar-refractivity contribution in [2.75, 3.05) is 13.2 Å². The second-order valence-corrected chi connectivity index (χ2v) is 3.95. The SMILES string of the molecule is O=C(O)c1ccccc1OCCOc1ccc(F)cc1. The monoisotopic (exact) mass is 276 g/mol. The highest BCUT2D eigenvalue weighted by Gasteiger charge is 2.09. The first-order valence-electron chi connectivity index (χ1n) is 6.00. The molecule has 0 heterocycles. The smallest absolute Gasteiger partial charge is 0.339 e. The molecular formula is C15H13FO4. The highest BCUT2D eigenvalue weighted by molar-refractivity contribution is 5.90. The average Bonchev–Trinajstić information content (AvgIpc) is 2.46. The third-order valence-electron chi connectivity index (χ3n) is 2.54. The second-order valence-electron chi connectivity index (χ2n) is 3.95. The van der Waals surface area contributed by atoms with Gasteiger partial charge in [0, 0.05) is 0 Å². The summed E-state index contributed by atoms with van der Waals surface area (Å²) < 4.78 is 23.4. The van der Waals surface area contributed by atoms with E-state index in [-0.39, 0.29) is 24.6 Å². The normalized spacial score (nSPS) is 10.1. The van der Waals surface area contributed by atoms with Gasteiger partial charge in [-0.2, -0.15) is 0 Å². The van der Waals surface area contributed by atoms with Gasteiger partial charge in [0.15, 0.2) is 0 Å². The molecule has 0 saturated heterocycles. The summed E-state index contributed by atoms with van der Waals surface area (Å²) >= 11 is 0. The van der Waals surface area contributed by atoms with E-state index >= 15 is 0 Å². The Balaban J connectivity index is 1.84. The minimum Gasteiger partial charge on any atom is -0.490 e. The van der Waals surface area contributed by atoms with Crippen molar-refractivity contribution in [2.24, 2.45) is 0 Å². The molecule has 0 aliphatic rings. The molecule has 5 heteroatoms. The highest BCUT2D eigenvalue weighted by Crippen LogP contribution is 2.17. The van der Waals surface area contributed by atoms with E-state index in [0.717, 1.165) is 0 Å². The van der Waals surface area contributed by atoms with E-state index < -0.39 is 5.97 Å². The van der Waals surface area contributed by atoms with E-state index in [0.29, 0.717) is 11.5 Å². The molecule has 0 aliphatic heterocycles. The Hall–Kier alpha value is -2.56. The van der Waals surface area contributed by atoms with Gasteiger partial charge in [0.25, 0.3) is 0 Å². The van der Waals surface area contributed by atoms with E-state index in [9.17, 15) is 9.18 Å². The van der Waals surface area contributed by atoms with Crippen molar-refractivity contribution in [3.8, 4) is 11.5 Å². The quantitative estimate of drug-likeness (QED) is 0.824. The van der Waals surface area contributed by atoms with Crippen LogP contribution in [-0.4, -0.2) is 24.3 Å². The van der Waals surface area contributed by atoms with Gasteiger partial charge in [0.05, 0.1) is 0 Å². The van der Waals surface area contributed by atoms with Gasteiger partial charge in [0.2, 0.25) is 0 Å². The fourth-order valence-corrected chi connectivity index (χ4v) is 1.61. The minimum atomic E-state index is -1.04. The van der Waals surface area contributed by atoms with Crippen LogP contribution in [0.1, 0.15) is 10.4 Å². The first-order chi connectivity index (χ1) is 9.66. The number of halogens is 1. The lowest BCUT2D eigenvalue weighted by atomic mass is 10.2. The predicted molar refractivity (Wildman–Crippen MR) is 70.8 cm³/mol. The number of aromatic carboxylic acids is 1. The number of carboxylic acid groups (broad SMARTS) is 1. The highest BCUT2D eigenvalue weighted by atomic mass is 19.1.